The van der Waals surface area contributed by atoms with Gasteiger partial charge in [0.25, 0.3) is 0 Å². The molecular formula is C6H8N2. The molecule has 1 aliphatic rings. The van der Waals surface area contributed by atoms with Crippen LogP contribution in [0.2, 0.25) is 0 Å². The van der Waals surface area contributed by atoms with Gasteiger partial charge in [0.1, 0.15) is 0 Å². The minimum atomic E-state index is 0.891. The molecule has 0 fully saturated rings. The fraction of sp³-hybridized carbons (Fsp3) is 0.333. The fourth-order valence-corrected chi connectivity index (χ4v) is 0.494. The molecule has 1 heterocycles. The second-order valence-corrected chi connectivity index (χ2v) is 1.53. The summed E-state index contributed by atoms with van der Waals surface area (Å²) in [5, 5.41) is 0. The molecule has 2 heteroatoms. The summed E-state index contributed by atoms with van der Waals surface area (Å²) in [6.07, 6.45) is 8.23. The molecule has 0 aromatic heterocycles. The third-order valence-electron chi connectivity index (χ3n) is 0.874. The van der Waals surface area contributed by atoms with Gasteiger partial charge in [-0.1, -0.05) is 6.08 Å². The summed E-state index contributed by atoms with van der Waals surface area (Å²) in [6.45, 7) is 0.891. The molecule has 0 amide bonds. The average molecular weight is 108 g/mol. The van der Waals surface area contributed by atoms with Gasteiger partial charge in [-0.15, -0.1) is 0 Å². The van der Waals surface area contributed by atoms with Gasteiger partial charge in [-0.3, -0.25) is 9.98 Å². The number of aliphatic imine (C=N–C) groups is 2. The van der Waals surface area contributed by atoms with Crippen LogP contribution in [0.3, 0.4) is 0 Å². The van der Waals surface area contributed by atoms with Crippen molar-refractivity contribution >= 4 is 12.4 Å². The number of hydrogen-bond donors (Lipinski definition) is 0. The SMILES string of the molecule is C1=C/N=C\C=N/CC\1. The number of rotatable bonds is 0. The maximum absolute atomic E-state index is 4.01. The lowest BCUT2D eigenvalue weighted by molar-refractivity contribution is 1.01. The zero-order valence-electron chi connectivity index (χ0n) is 4.62. The van der Waals surface area contributed by atoms with E-state index in [1.165, 1.54) is 0 Å². The second kappa shape index (κ2) is 3.13. The van der Waals surface area contributed by atoms with Crippen molar-refractivity contribution in [2.45, 2.75) is 6.42 Å². The molecule has 0 aliphatic carbocycles. The van der Waals surface area contributed by atoms with Crippen molar-refractivity contribution in [3.05, 3.63) is 12.3 Å². The van der Waals surface area contributed by atoms with Crippen molar-refractivity contribution in [3.8, 4) is 0 Å². The lowest BCUT2D eigenvalue weighted by Gasteiger charge is -1.86. The van der Waals surface area contributed by atoms with Gasteiger partial charge in [-0.2, -0.15) is 0 Å². The minimum absolute atomic E-state index is 0.891. The highest BCUT2D eigenvalue weighted by Gasteiger charge is 1.76. The van der Waals surface area contributed by atoms with Crippen LogP contribution in [0, 0.1) is 0 Å². The van der Waals surface area contributed by atoms with Gasteiger partial charge >= 0.3 is 0 Å². The summed E-state index contributed by atoms with van der Waals surface area (Å²) in [6, 6.07) is 0. The normalized spacial score (nSPS) is 30.0. The fourth-order valence-electron chi connectivity index (χ4n) is 0.494. The molecule has 0 N–H and O–H groups in total. The largest absolute Gasteiger partial charge is 0.291 e. The van der Waals surface area contributed by atoms with Gasteiger partial charge in [0.15, 0.2) is 0 Å². The molecule has 0 atom stereocenters. The molecule has 0 saturated carbocycles. The zero-order chi connectivity index (χ0) is 5.66. The van der Waals surface area contributed by atoms with Gasteiger partial charge in [0, 0.05) is 25.2 Å². The Kier molecular flexibility index (Phi) is 2.04. The standard InChI is InChI=1S/C6H8N2/c1-2-4-8-6-5-7-3-1/h1,3,5-6H,2,4H2/b3-1-,7-5-,8-6-. The predicted molar refractivity (Wildman–Crippen MR) is 35.6 cm³/mol. The molecule has 0 spiro atoms. The quantitative estimate of drug-likeness (QED) is 0.443. The van der Waals surface area contributed by atoms with Crippen molar-refractivity contribution in [2.75, 3.05) is 6.54 Å². The molecule has 0 aromatic rings. The summed E-state index contributed by atoms with van der Waals surface area (Å²) in [5.74, 6) is 0. The highest BCUT2D eigenvalue weighted by atomic mass is 14.7. The highest BCUT2D eigenvalue weighted by Crippen LogP contribution is 1.85. The topological polar surface area (TPSA) is 24.7 Å². The van der Waals surface area contributed by atoms with Crippen LogP contribution in [-0.4, -0.2) is 19.0 Å². The Balaban J connectivity index is 2.51. The molecule has 2 nitrogen and oxygen atoms in total. The average Bonchev–Trinajstić information content (AvgIpc) is 1.62. The third-order valence-corrected chi connectivity index (χ3v) is 0.874. The van der Waals surface area contributed by atoms with E-state index in [4.69, 9.17) is 0 Å². The molecule has 0 aromatic carbocycles. The second-order valence-electron chi connectivity index (χ2n) is 1.53. The summed E-state index contributed by atoms with van der Waals surface area (Å²) >= 11 is 0. The van der Waals surface area contributed by atoms with Gasteiger partial charge in [0.2, 0.25) is 0 Å². The first-order valence-corrected chi connectivity index (χ1v) is 2.67. The Morgan fingerprint density at radius 3 is 3.25 bits per heavy atom. The van der Waals surface area contributed by atoms with Gasteiger partial charge in [-0.25, -0.2) is 0 Å². The van der Waals surface area contributed by atoms with E-state index in [-0.39, 0.29) is 0 Å². The smallest absolute Gasteiger partial charge is 0.0446 e. The Labute approximate surface area is 48.7 Å². The highest BCUT2D eigenvalue weighted by molar-refractivity contribution is 6.16. The molecule has 42 valence electrons. The van der Waals surface area contributed by atoms with E-state index >= 15 is 0 Å². The molecule has 0 unspecified atom stereocenters. The Morgan fingerprint density at radius 2 is 2.25 bits per heavy atom. The van der Waals surface area contributed by atoms with E-state index in [1.807, 2.05) is 6.08 Å². The summed E-state index contributed by atoms with van der Waals surface area (Å²) in [5.41, 5.74) is 0. The summed E-state index contributed by atoms with van der Waals surface area (Å²) < 4.78 is 0. The minimum Gasteiger partial charge on any atom is -0.291 e. The molecule has 1 rings (SSSR count). The molecule has 8 heavy (non-hydrogen) atoms. The summed E-state index contributed by atoms with van der Waals surface area (Å²) in [7, 11) is 0. The first-order chi connectivity index (χ1) is 4.00. The molecule has 0 bridgehead atoms. The van der Waals surface area contributed by atoms with E-state index in [0.717, 1.165) is 13.0 Å². The van der Waals surface area contributed by atoms with Crippen molar-refractivity contribution in [3.63, 3.8) is 0 Å². The molecule has 0 saturated heterocycles. The Morgan fingerprint density at radius 1 is 1.25 bits per heavy atom. The first-order valence-electron chi connectivity index (χ1n) is 2.67. The van der Waals surface area contributed by atoms with E-state index in [0.29, 0.717) is 0 Å². The van der Waals surface area contributed by atoms with E-state index in [1.54, 1.807) is 18.6 Å². The van der Waals surface area contributed by atoms with Gasteiger partial charge < -0.3 is 0 Å². The van der Waals surface area contributed by atoms with Crippen molar-refractivity contribution in [1.29, 1.82) is 0 Å². The van der Waals surface area contributed by atoms with Gasteiger partial charge in [-0.05, 0) is 6.42 Å². The molecular weight excluding hydrogens is 100 g/mol. The van der Waals surface area contributed by atoms with Crippen LogP contribution in [0.25, 0.3) is 0 Å². The third kappa shape index (κ3) is 1.69. The Bertz CT molecular complexity index is 117. The zero-order valence-corrected chi connectivity index (χ0v) is 4.62. The Hall–Kier alpha value is -0.920. The van der Waals surface area contributed by atoms with Crippen LogP contribution in [0.15, 0.2) is 22.3 Å². The van der Waals surface area contributed by atoms with Crippen LogP contribution < -0.4 is 0 Å². The van der Waals surface area contributed by atoms with Crippen LogP contribution in [0.1, 0.15) is 6.42 Å². The van der Waals surface area contributed by atoms with Crippen LogP contribution in [0.5, 0.6) is 0 Å². The van der Waals surface area contributed by atoms with E-state index in [2.05, 4.69) is 9.98 Å². The number of hydrogen-bond acceptors (Lipinski definition) is 2. The lowest BCUT2D eigenvalue weighted by atomic mass is 10.4. The maximum atomic E-state index is 4.01. The first kappa shape index (κ1) is 5.22. The predicted octanol–water partition coefficient (Wildman–Crippen LogP) is 1.05. The van der Waals surface area contributed by atoms with E-state index in [9.17, 15) is 0 Å². The van der Waals surface area contributed by atoms with Crippen molar-refractivity contribution < 1.29 is 0 Å². The monoisotopic (exact) mass is 108 g/mol. The van der Waals surface area contributed by atoms with Gasteiger partial charge in [0.05, 0.1) is 0 Å². The van der Waals surface area contributed by atoms with Crippen LogP contribution in [-0.2, 0) is 0 Å². The van der Waals surface area contributed by atoms with Crippen molar-refractivity contribution in [2.24, 2.45) is 9.98 Å². The molecule has 1 aliphatic heterocycles. The molecule has 0 radical (unpaired) electrons. The van der Waals surface area contributed by atoms with E-state index < -0.39 is 0 Å². The number of nitrogens with zero attached hydrogens (tertiary/aromatic N) is 2. The van der Waals surface area contributed by atoms with Crippen LogP contribution >= 0.6 is 0 Å². The maximum Gasteiger partial charge on any atom is 0.0446 e. The lowest BCUT2D eigenvalue weighted by Crippen LogP contribution is -1.82. The van der Waals surface area contributed by atoms with Crippen molar-refractivity contribution in [1.82, 2.24) is 0 Å². The summed E-state index contributed by atoms with van der Waals surface area (Å²) in [4.78, 5) is 7.88. The van der Waals surface area contributed by atoms with Crippen LogP contribution in [0.4, 0.5) is 0 Å².